The molecule has 0 aliphatic carbocycles. The number of hydrogen-bond acceptors (Lipinski definition) is 4. The number of hydrogen-bond donors (Lipinski definition) is 1. The molecule has 1 aliphatic heterocycles. The summed E-state index contributed by atoms with van der Waals surface area (Å²) in [6.07, 6.45) is 8.65. The minimum Gasteiger partial charge on any atom is -0.354 e. The molecule has 0 spiro atoms. The smallest absolute Gasteiger partial charge is 0.193 e. The fraction of sp³-hybridized carbons (Fsp3) is 0.636. The number of unbranched alkanes of at least 4 members (excludes halogenated alkanes) is 3. The van der Waals surface area contributed by atoms with Crippen LogP contribution in [0.4, 0.5) is 5.82 Å². The number of nitrogens with one attached hydrogen (secondary N) is 1. The van der Waals surface area contributed by atoms with Crippen molar-refractivity contribution >= 4 is 11.8 Å². The molecule has 1 N–H and O–H groups in total. The third kappa shape index (κ3) is 7.15. The lowest BCUT2D eigenvalue weighted by Crippen LogP contribution is -2.46. The third-order valence-corrected chi connectivity index (χ3v) is 5.38. The van der Waals surface area contributed by atoms with E-state index in [1.54, 1.807) is 0 Å². The lowest BCUT2D eigenvalue weighted by molar-refractivity contribution is 0.270. The number of likely N-dealkylation sites (N-methyl/N-ethyl adjacent to an activating group) is 1. The van der Waals surface area contributed by atoms with Gasteiger partial charge in [-0.3, -0.25) is 4.99 Å². The zero-order valence-electron chi connectivity index (χ0n) is 18.0. The lowest BCUT2D eigenvalue weighted by Gasteiger charge is -2.34. The van der Waals surface area contributed by atoms with Crippen LogP contribution in [0.25, 0.3) is 0 Å². The minimum absolute atomic E-state index is 0.762. The first kappa shape index (κ1) is 22.2. The van der Waals surface area contributed by atoms with Crippen LogP contribution in [0.5, 0.6) is 0 Å². The van der Waals surface area contributed by atoms with Gasteiger partial charge in [0.05, 0.1) is 0 Å². The van der Waals surface area contributed by atoms with Crippen molar-refractivity contribution in [3.05, 3.63) is 36.5 Å². The summed E-state index contributed by atoms with van der Waals surface area (Å²) in [5.41, 5.74) is 1.24. The van der Waals surface area contributed by atoms with Gasteiger partial charge in [0.15, 0.2) is 5.96 Å². The molecule has 1 saturated heterocycles. The van der Waals surface area contributed by atoms with Gasteiger partial charge in [0.1, 0.15) is 5.82 Å². The number of aliphatic imine (C=N–C) groups is 1. The Morgan fingerprint density at radius 3 is 2.75 bits per heavy atom. The highest BCUT2D eigenvalue weighted by Gasteiger charge is 2.17. The van der Waals surface area contributed by atoms with Crippen molar-refractivity contribution in [2.24, 2.45) is 4.99 Å². The zero-order chi connectivity index (χ0) is 20.2. The van der Waals surface area contributed by atoms with E-state index in [2.05, 4.69) is 62.7 Å². The Hall–Kier alpha value is -2.08. The number of piperazine rings is 1. The van der Waals surface area contributed by atoms with E-state index >= 15 is 0 Å². The van der Waals surface area contributed by atoms with Crippen LogP contribution in [0.3, 0.4) is 0 Å². The lowest BCUT2D eigenvalue weighted by atomic mass is 10.2. The molecule has 1 aromatic rings. The molecule has 0 unspecified atom stereocenters. The van der Waals surface area contributed by atoms with E-state index in [1.165, 1.54) is 24.8 Å². The molecule has 2 rings (SSSR count). The number of pyridine rings is 1. The Bertz CT molecular complexity index is 607. The molecule has 156 valence electrons. The Labute approximate surface area is 171 Å². The molecule has 6 nitrogen and oxygen atoms in total. The fourth-order valence-electron chi connectivity index (χ4n) is 3.52. The Balaban J connectivity index is 1.81. The summed E-state index contributed by atoms with van der Waals surface area (Å²) in [6, 6.07) is 4.29. The molecular formula is C22H38N6. The van der Waals surface area contributed by atoms with Gasteiger partial charge in [-0.25, -0.2) is 4.98 Å². The molecule has 1 fully saturated rings. The Morgan fingerprint density at radius 2 is 2.07 bits per heavy atom. The molecule has 0 aromatic carbocycles. The molecular weight excluding hydrogens is 348 g/mol. The minimum atomic E-state index is 0.762. The number of rotatable bonds is 10. The first-order chi connectivity index (χ1) is 13.7. The Kier molecular flexibility index (Phi) is 9.83. The highest BCUT2D eigenvalue weighted by molar-refractivity contribution is 5.79. The van der Waals surface area contributed by atoms with Crippen LogP contribution in [0.2, 0.25) is 0 Å². The van der Waals surface area contributed by atoms with Crippen molar-refractivity contribution < 1.29 is 0 Å². The normalized spacial score (nSPS) is 15.5. The van der Waals surface area contributed by atoms with Crippen LogP contribution in [0.15, 0.2) is 36.0 Å². The van der Waals surface area contributed by atoms with Gasteiger partial charge in [-0.2, -0.15) is 0 Å². The molecule has 0 radical (unpaired) electrons. The standard InChI is InChI=1S/C22H38N6/c1-5-7-8-9-10-13-26(4)22(23-3)25-19-20-11-12-24-21(18-20)28-16-14-27(6-2)15-17-28/h5,11-12,18H,1,6-10,13-17,19H2,2-4H3,(H,23,25). The van der Waals surface area contributed by atoms with Gasteiger partial charge >= 0.3 is 0 Å². The second-order valence-corrected chi connectivity index (χ2v) is 7.40. The van der Waals surface area contributed by atoms with Gasteiger partial charge < -0.3 is 20.0 Å². The van der Waals surface area contributed by atoms with Gasteiger partial charge in [-0.1, -0.05) is 19.4 Å². The predicted octanol–water partition coefficient (Wildman–Crippen LogP) is 2.98. The molecule has 0 atom stereocenters. The van der Waals surface area contributed by atoms with Crippen molar-refractivity contribution in [1.29, 1.82) is 0 Å². The van der Waals surface area contributed by atoms with Crippen LogP contribution in [-0.2, 0) is 6.54 Å². The molecule has 1 aliphatic rings. The van der Waals surface area contributed by atoms with Crippen LogP contribution < -0.4 is 10.2 Å². The van der Waals surface area contributed by atoms with E-state index in [0.717, 1.165) is 64.0 Å². The van der Waals surface area contributed by atoms with Crippen molar-refractivity contribution in [2.45, 2.75) is 39.2 Å². The van der Waals surface area contributed by atoms with Gasteiger partial charge in [-0.15, -0.1) is 6.58 Å². The number of allylic oxidation sites excluding steroid dienone is 1. The maximum absolute atomic E-state index is 4.59. The van der Waals surface area contributed by atoms with Crippen molar-refractivity contribution in [2.75, 3.05) is 58.3 Å². The maximum Gasteiger partial charge on any atom is 0.193 e. The second-order valence-electron chi connectivity index (χ2n) is 7.40. The summed E-state index contributed by atoms with van der Waals surface area (Å²) >= 11 is 0. The molecule has 6 heteroatoms. The fourth-order valence-corrected chi connectivity index (χ4v) is 3.52. The van der Waals surface area contributed by atoms with E-state index in [0.29, 0.717) is 0 Å². The van der Waals surface area contributed by atoms with Gasteiger partial charge in [0, 0.05) is 59.6 Å². The summed E-state index contributed by atoms with van der Waals surface area (Å²) in [5, 5.41) is 3.49. The van der Waals surface area contributed by atoms with Crippen molar-refractivity contribution in [1.82, 2.24) is 20.1 Å². The quantitative estimate of drug-likeness (QED) is 0.290. The average Bonchev–Trinajstić information content (AvgIpc) is 2.74. The van der Waals surface area contributed by atoms with E-state index in [-0.39, 0.29) is 0 Å². The number of aromatic nitrogens is 1. The summed E-state index contributed by atoms with van der Waals surface area (Å²) in [4.78, 5) is 16.1. The molecule has 0 saturated carbocycles. The van der Waals surface area contributed by atoms with E-state index < -0.39 is 0 Å². The number of anilines is 1. The molecule has 1 aromatic heterocycles. The van der Waals surface area contributed by atoms with Crippen LogP contribution in [0.1, 0.15) is 38.2 Å². The number of nitrogens with zero attached hydrogens (tertiary/aromatic N) is 5. The summed E-state index contributed by atoms with van der Waals surface area (Å²) in [6.45, 7) is 13.2. The summed E-state index contributed by atoms with van der Waals surface area (Å²) in [7, 11) is 3.95. The molecule has 2 heterocycles. The van der Waals surface area contributed by atoms with Gasteiger partial charge in [0.2, 0.25) is 0 Å². The average molecular weight is 387 g/mol. The third-order valence-electron chi connectivity index (χ3n) is 5.38. The van der Waals surface area contributed by atoms with Gasteiger partial charge in [0.25, 0.3) is 0 Å². The highest BCUT2D eigenvalue weighted by Crippen LogP contribution is 2.15. The van der Waals surface area contributed by atoms with Crippen LogP contribution in [0, 0.1) is 0 Å². The molecule has 0 bridgehead atoms. The van der Waals surface area contributed by atoms with Crippen LogP contribution in [-0.4, -0.2) is 74.1 Å². The summed E-state index contributed by atoms with van der Waals surface area (Å²) in [5.74, 6) is 2.03. The largest absolute Gasteiger partial charge is 0.354 e. The maximum atomic E-state index is 4.59. The first-order valence-corrected chi connectivity index (χ1v) is 10.6. The second kappa shape index (κ2) is 12.4. The molecule has 0 amide bonds. The first-order valence-electron chi connectivity index (χ1n) is 10.6. The zero-order valence-corrected chi connectivity index (χ0v) is 18.0. The highest BCUT2D eigenvalue weighted by atomic mass is 15.3. The predicted molar refractivity (Wildman–Crippen MR) is 120 cm³/mol. The van der Waals surface area contributed by atoms with Crippen molar-refractivity contribution in [3.8, 4) is 0 Å². The van der Waals surface area contributed by atoms with E-state index in [4.69, 9.17) is 0 Å². The van der Waals surface area contributed by atoms with E-state index in [9.17, 15) is 0 Å². The van der Waals surface area contributed by atoms with Crippen LogP contribution >= 0.6 is 0 Å². The SMILES string of the molecule is C=CCCCCCN(C)C(=NC)NCc1ccnc(N2CCN(CC)CC2)c1. The van der Waals surface area contributed by atoms with Gasteiger partial charge in [-0.05, 0) is 43.5 Å². The molecule has 28 heavy (non-hydrogen) atoms. The topological polar surface area (TPSA) is 47.0 Å². The number of guanidine groups is 1. The Morgan fingerprint density at radius 1 is 1.29 bits per heavy atom. The van der Waals surface area contributed by atoms with E-state index in [1.807, 2.05) is 19.3 Å². The monoisotopic (exact) mass is 386 g/mol. The van der Waals surface area contributed by atoms with Crippen molar-refractivity contribution in [3.63, 3.8) is 0 Å². The summed E-state index contributed by atoms with van der Waals surface area (Å²) < 4.78 is 0.